The first-order valence-electron chi connectivity index (χ1n) is 7.09. The molecule has 0 aliphatic carbocycles. The lowest BCUT2D eigenvalue weighted by Crippen LogP contribution is -2.37. The summed E-state index contributed by atoms with van der Waals surface area (Å²) in [6.07, 6.45) is 2.81. The van der Waals surface area contributed by atoms with Crippen LogP contribution in [0.5, 0.6) is 5.75 Å². The van der Waals surface area contributed by atoms with Gasteiger partial charge in [-0.3, -0.25) is 5.32 Å². The Balaban J connectivity index is 1.62. The third-order valence-corrected chi connectivity index (χ3v) is 3.60. The number of carbonyl (C=O) groups excluding carboxylic acids is 1. The van der Waals surface area contributed by atoms with Gasteiger partial charge < -0.3 is 14.5 Å². The van der Waals surface area contributed by atoms with Crippen molar-refractivity contribution in [3.05, 3.63) is 47.7 Å². The summed E-state index contributed by atoms with van der Waals surface area (Å²) in [5.41, 5.74) is 2.26. The quantitative estimate of drug-likeness (QED) is 0.893. The first kappa shape index (κ1) is 14.2. The fourth-order valence-corrected chi connectivity index (χ4v) is 2.41. The number of amides is 2. The van der Waals surface area contributed by atoms with E-state index in [1.54, 1.807) is 30.0 Å². The van der Waals surface area contributed by atoms with Crippen molar-refractivity contribution in [1.82, 2.24) is 10.1 Å². The molecule has 0 spiro atoms. The van der Waals surface area contributed by atoms with E-state index >= 15 is 0 Å². The van der Waals surface area contributed by atoms with Crippen LogP contribution in [0.2, 0.25) is 0 Å². The standard InChI is InChI=1S/C16H17N3O3/c1-11-10-15(18-22-11)17-16(21)19-8-6-13(7-9-19)12-2-4-14(20)5-3-12/h2-6,10,20H,7-9H2,1H3,(H,17,18,21). The van der Waals surface area contributed by atoms with Gasteiger partial charge in [0.1, 0.15) is 11.5 Å². The van der Waals surface area contributed by atoms with Gasteiger partial charge in [-0.1, -0.05) is 23.4 Å². The van der Waals surface area contributed by atoms with Gasteiger partial charge in [-0.15, -0.1) is 0 Å². The molecule has 0 atom stereocenters. The van der Waals surface area contributed by atoms with Crippen molar-refractivity contribution in [2.24, 2.45) is 0 Å². The number of urea groups is 1. The van der Waals surface area contributed by atoms with Crippen LogP contribution in [0.3, 0.4) is 0 Å². The Morgan fingerprint density at radius 1 is 1.36 bits per heavy atom. The molecule has 2 amide bonds. The van der Waals surface area contributed by atoms with Crippen molar-refractivity contribution < 1.29 is 14.4 Å². The number of phenols is 1. The van der Waals surface area contributed by atoms with Gasteiger partial charge in [-0.2, -0.15) is 0 Å². The Morgan fingerprint density at radius 3 is 2.73 bits per heavy atom. The molecule has 6 nitrogen and oxygen atoms in total. The molecule has 22 heavy (non-hydrogen) atoms. The van der Waals surface area contributed by atoms with Crippen LogP contribution in [0.25, 0.3) is 5.57 Å². The van der Waals surface area contributed by atoms with Crippen LogP contribution in [0.15, 0.2) is 40.9 Å². The monoisotopic (exact) mass is 299 g/mol. The Hall–Kier alpha value is -2.76. The first-order valence-corrected chi connectivity index (χ1v) is 7.09. The number of aromatic nitrogens is 1. The number of nitrogens with one attached hydrogen (secondary N) is 1. The summed E-state index contributed by atoms with van der Waals surface area (Å²) >= 11 is 0. The fourth-order valence-electron chi connectivity index (χ4n) is 2.41. The molecular formula is C16H17N3O3. The van der Waals surface area contributed by atoms with Gasteiger partial charge in [-0.05, 0) is 36.6 Å². The van der Waals surface area contributed by atoms with E-state index < -0.39 is 0 Å². The van der Waals surface area contributed by atoms with Gasteiger partial charge >= 0.3 is 6.03 Å². The second-order valence-electron chi connectivity index (χ2n) is 5.23. The van der Waals surface area contributed by atoms with Crippen molar-refractivity contribution in [3.8, 4) is 5.75 Å². The number of rotatable bonds is 2. The molecule has 0 bridgehead atoms. The molecule has 2 aromatic rings. The number of anilines is 1. The molecule has 2 N–H and O–H groups in total. The summed E-state index contributed by atoms with van der Waals surface area (Å²) in [5.74, 6) is 1.34. The summed E-state index contributed by atoms with van der Waals surface area (Å²) < 4.78 is 4.92. The molecule has 1 aromatic heterocycles. The maximum atomic E-state index is 12.1. The molecule has 0 unspecified atom stereocenters. The highest BCUT2D eigenvalue weighted by Crippen LogP contribution is 2.24. The van der Waals surface area contributed by atoms with E-state index in [-0.39, 0.29) is 11.8 Å². The van der Waals surface area contributed by atoms with Crippen molar-refractivity contribution in [1.29, 1.82) is 0 Å². The maximum absolute atomic E-state index is 12.1. The lowest BCUT2D eigenvalue weighted by molar-refractivity contribution is 0.216. The second kappa shape index (κ2) is 5.93. The number of carbonyl (C=O) groups is 1. The molecule has 2 heterocycles. The molecule has 0 saturated heterocycles. The Labute approximate surface area is 128 Å². The molecule has 1 aromatic carbocycles. The number of hydrogen-bond acceptors (Lipinski definition) is 4. The summed E-state index contributed by atoms with van der Waals surface area (Å²) in [5, 5.41) is 15.8. The van der Waals surface area contributed by atoms with Gasteiger partial charge in [0.2, 0.25) is 0 Å². The molecule has 6 heteroatoms. The van der Waals surface area contributed by atoms with Crippen LogP contribution < -0.4 is 5.32 Å². The highest BCUT2D eigenvalue weighted by molar-refractivity contribution is 5.89. The minimum absolute atomic E-state index is 0.186. The average molecular weight is 299 g/mol. The molecule has 114 valence electrons. The molecule has 3 rings (SSSR count). The van der Waals surface area contributed by atoms with Gasteiger partial charge in [0.05, 0.1) is 0 Å². The molecule has 0 radical (unpaired) electrons. The maximum Gasteiger partial charge on any atom is 0.323 e. The zero-order valence-electron chi connectivity index (χ0n) is 12.2. The molecule has 0 fully saturated rings. The van der Waals surface area contributed by atoms with E-state index in [1.807, 2.05) is 18.2 Å². The smallest absolute Gasteiger partial charge is 0.323 e. The average Bonchev–Trinajstić information content (AvgIpc) is 2.93. The molecule has 0 saturated carbocycles. The number of aryl methyl sites for hydroxylation is 1. The van der Waals surface area contributed by atoms with Crippen molar-refractivity contribution >= 4 is 17.4 Å². The van der Waals surface area contributed by atoms with Gasteiger partial charge in [-0.25, -0.2) is 4.79 Å². The minimum Gasteiger partial charge on any atom is -0.508 e. The summed E-state index contributed by atoms with van der Waals surface area (Å²) in [6.45, 7) is 2.95. The highest BCUT2D eigenvalue weighted by atomic mass is 16.5. The Kier molecular flexibility index (Phi) is 3.82. The SMILES string of the molecule is Cc1cc(NC(=O)N2CC=C(c3ccc(O)cc3)CC2)no1. The number of aromatic hydroxyl groups is 1. The molecular weight excluding hydrogens is 282 g/mol. The predicted octanol–water partition coefficient (Wildman–Crippen LogP) is 3.01. The fraction of sp³-hybridized carbons (Fsp3) is 0.250. The van der Waals surface area contributed by atoms with Crippen molar-refractivity contribution in [3.63, 3.8) is 0 Å². The van der Waals surface area contributed by atoms with Gasteiger partial charge in [0.15, 0.2) is 5.82 Å². The zero-order chi connectivity index (χ0) is 15.5. The lowest BCUT2D eigenvalue weighted by atomic mass is 9.99. The van der Waals surface area contributed by atoms with E-state index in [2.05, 4.69) is 10.5 Å². The second-order valence-corrected chi connectivity index (χ2v) is 5.23. The van der Waals surface area contributed by atoms with Crippen molar-refractivity contribution in [2.45, 2.75) is 13.3 Å². The van der Waals surface area contributed by atoms with Gasteiger partial charge in [0, 0.05) is 19.2 Å². The third-order valence-electron chi connectivity index (χ3n) is 3.60. The Bertz CT molecular complexity index is 704. The van der Waals surface area contributed by atoms with E-state index in [1.165, 1.54) is 5.57 Å². The van der Waals surface area contributed by atoms with Crippen LogP contribution >= 0.6 is 0 Å². The van der Waals surface area contributed by atoms with Crippen molar-refractivity contribution in [2.75, 3.05) is 18.4 Å². The summed E-state index contributed by atoms with van der Waals surface area (Å²) in [6, 6.07) is 8.60. The number of hydrogen-bond donors (Lipinski definition) is 2. The third kappa shape index (κ3) is 3.11. The summed E-state index contributed by atoms with van der Waals surface area (Å²) in [7, 11) is 0. The van der Waals surface area contributed by atoms with Crippen LogP contribution in [-0.4, -0.2) is 34.3 Å². The van der Waals surface area contributed by atoms with E-state index in [0.717, 1.165) is 12.0 Å². The largest absolute Gasteiger partial charge is 0.508 e. The van der Waals surface area contributed by atoms with Crippen LogP contribution in [-0.2, 0) is 0 Å². The predicted molar refractivity (Wildman–Crippen MR) is 82.5 cm³/mol. The highest BCUT2D eigenvalue weighted by Gasteiger charge is 2.18. The first-order chi connectivity index (χ1) is 10.6. The minimum atomic E-state index is -0.186. The van der Waals surface area contributed by atoms with Gasteiger partial charge in [0.25, 0.3) is 0 Å². The van der Waals surface area contributed by atoms with E-state index in [4.69, 9.17) is 4.52 Å². The van der Waals surface area contributed by atoms with E-state index in [9.17, 15) is 9.90 Å². The lowest BCUT2D eigenvalue weighted by Gasteiger charge is -2.26. The molecule has 1 aliphatic heterocycles. The van der Waals surface area contributed by atoms with Crippen LogP contribution in [0, 0.1) is 6.92 Å². The van der Waals surface area contributed by atoms with Crippen LogP contribution in [0.4, 0.5) is 10.6 Å². The van der Waals surface area contributed by atoms with Crippen LogP contribution in [0.1, 0.15) is 17.7 Å². The molecule has 1 aliphatic rings. The van der Waals surface area contributed by atoms with E-state index in [0.29, 0.717) is 24.7 Å². The normalized spacial score (nSPS) is 14.6. The Morgan fingerprint density at radius 2 is 2.14 bits per heavy atom. The number of nitrogens with zero attached hydrogens (tertiary/aromatic N) is 2. The number of benzene rings is 1. The summed E-state index contributed by atoms with van der Waals surface area (Å²) in [4.78, 5) is 13.9. The zero-order valence-corrected chi connectivity index (χ0v) is 12.2. The number of phenolic OH excluding ortho intramolecular Hbond substituents is 1. The topological polar surface area (TPSA) is 78.6 Å².